The minimum absolute atomic E-state index is 0.0446. The number of ether oxygens (including phenoxy) is 4. The predicted molar refractivity (Wildman–Crippen MR) is 349 cm³/mol. The fourth-order valence-electron chi connectivity index (χ4n) is 12.4. The monoisotopic (exact) mass is 1360 g/mol. The van der Waals surface area contributed by atoms with E-state index in [2.05, 4.69) is 52.6 Å². The maximum atomic E-state index is 13.9. The summed E-state index contributed by atoms with van der Waals surface area (Å²) in [6.45, 7) is 1.40. The highest BCUT2D eigenvalue weighted by Crippen LogP contribution is 2.43. The number of carbonyl (C=O) groups excluding carboxylic acids is 2. The number of nitrogens with one attached hydrogen (secondary N) is 8. The Kier molecular flexibility index (Phi) is 17.8. The van der Waals surface area contributed by atoms with Crippen LogP contribution in [0.4, 0.5) is 9.59 Å². The normalized spacial score (nSPS) is 26.8. The Morgan fingerprint density at radius 1 is 0.609 bits per heavy atom. The molecule has 0 bridgehead atoms. The van der Waals surface area contributed by atoms with Gasteiger partial charge in [-0.25, -0.2) is 35.9 Å². The first-order chi connectivity index (χ1) is 50.7. The zero-order valence-corrected chi connectivity index (χ0v) is 54.0. The number of urea groups is 2. The molecule has 4 saturated heterocycles. The molecule has 4 aromatic carbocycles. The van der Waals surface area contributed by atoms with E-state index in [0.717, 1.165) is 0 Å². The van der Waals surface area contributed by atoms with Gasteiger partial charge in [-0.3, -0.25) is 19.6 Å². The number of halogens is 2. The lowest BCUT2D eigenvalue weighted by atomic mass is 10.0. The molecule has 2 aliphatic carbocycles. The molecule has 0 radical (unpaired) electrons. The summed E-state index contributed by atoms with van der Waals surface area (Å²) in [7, 11) is -9.33. The van der Waals surface area contributed by atoms with Crippen molar-refractivity contribution in [2.75, 3.05) is 131 Å². The number of sulfonamides is 2. The number of nitriles is 2. The van der Waals surface area contributed by atoms with Crippen molar-refractivity contribution in [1.82, 2.24) is 60.9 Å². The SMILES string of the molecule is [2H]c1c([2H])c(S(=O)(=O)N[C@H]2CCN(CCOCCNC(=O)NC([2H])([2H])C([2H])([2H])C([2H])([2H])C([2H])([2H])NC(=O)NCCOCCN3CC[C@H](NS(=O)(=O)c4c([2H])c([2H])c(O[C@H]5c6cc(Cl)cc(C#N)c6C[C@@H]5N5CCN[C@H](C)C5)c([2H])c4[2H])C3)C2)c([2H])c([2H])c1O[C@H]1c2cc(Cl)cc(C#N)c2C[C@@H]1N1CCN[C@H](C)C1. The summed E-state index contributed by atoms with van der Waals surface area (Å²) in [5.41, 5.74) is 3.15. The number of nitrogens with zero attached hydrogens (tertiary/aromatic N) is 6. The molecule has 4 fully saturated rings. The number of hydrogen-bond donors (Lipinski definition) is 8. The molecule has 0 saturated carbocycles. The van der Waals surface area contributed by atoms with Crippen LogP contribution in [0.25, 0.3) is 0 Å². The van der Waals surface area contributed by atoms with Crippen LogP contribution in [0.1, 0.15) is 107 Å². The van der Waals surface area contributed by atoms with E-state index < -0.39 is 152 Å². The zero-order chi connectivity index (χ0) is 78.9. The van der Waals surface area contributed by atoms with Crippen LogP contribution in [0.3, 0.4) is 0 Å². The standard InChI is InChI=1S/C64H86Cl2N14O10S2/c1-43-39-79(23-17-69-43)59-35-55-45(37-67)31-47(65)33-57(55)61(59)89-51-5-9-53(10-6-51)91(83,84)75-49-13-21-77(41-49)25-29-87-27-19-73-63(81)71-15-3-4-16-72-64(82)74-20-28-88-30-26-78-22-14-50(42-78)76-92(85,86)54-11-7-52(8-12-54)90-62-58-34-48(66)32-46(38-68)56(58)36-60(62)80-24-18-70-44(2)40-80/h5-12,31-34,43-44,49-50,59-62,69-70,75-76H,3-4,13-30,35-36,39-42H2,1-2H3,(H2,71,73,81)(H2,72,74,82)/t43-,44-,49+,50+,59+,60+,61+,62+/m1/s1/i3D2,4D2,5D,6D,7D,8D,9D,10D,11D,12D,15D2,16D2. The minimum Gasteiger partial charge on any atom is -0.484 e. The lowest BCUT2D eigenvalue weighted by Crippen LogP contribution is -2.54. The van der Waals surface area contributed by atoms with E-state index in [-0.39, 0.29) is 99.9 Å². The van der Waals surface area contributed by atoms with Crippen LogP contribution in [-0.4, -0.2) is 216 Å². The quantitative estimate of drug-likeness (QED) is 0.0353. The molecule has 6 aliphatic rings. The van der Waals surface area contributed by atoms with Crippen LogP contribution in [0.2, 0.25) is 10.0 Å². The van der Waals surface area contributed by atoms with Gasteiger partial charge in [0.25, 0.3) is 0 Å². The second-order valence-electron chi connectivity index (χ2n) is 23.2. The molecular weight excluding hydrogens is 1260 g/mol. The molecule has 0 spiro atoms. The first-order valence-electron chi connectivity index (χ1n) is 38.4. The summed E-state index contributed by atoms with van der Waals surface area (Å²) in [6, 6.07) is -0.106. The van der Waals surface area contributed by atoms with Crippen LogP contribution >= 0.6 is 23.2 Å². The summed E-state index contributed by atoms with van der Waals surface area (Å²) >= 11 is 12.9. The van der Waals surface area contributed by atoms with Crippen LogP contribution in [0.15, 0.2) is 82.4 Å². The molecule has 4 amide bonds. The number of hydrogen-bond acceptors (Lipinski definition) is 18. The third-order valence-electron chi connectivity index (χ3n) is 16.7. The average molecular weight is 1360 g/mol. The summed E-state index contributed by atoms with van der Waals surface area (Å²) in [6.07, 6.45) is -8.13. The summed E-state index contributed by atoms with van der Waals surface area (Å²) in [5.74, 6) is -0.921. The van der Waals surface area contributed by atoms with Gasteiger partial charge in [0.15, 0.2) is 0 Å². The van der Waals surface area contributed by atoms with Crippen molar-refractivity contribution >= 4 is 55.3 Å². The van der Waals surface area contributed by atoms with Gasteiger partial charge in [-0.1, -0.05) is 23.2 Å². The van der Waals surface area contributed by atoms with Gasteiger partial charge in [0.2, 0.25) is 20.0 Å². The second-order valence-corrected chi connectivity index (χ2v) is 27.4. The van der Waals surface area contributed by atoms with Gasteiger partial charge in [-0.2, -0.15) is 10.5 Å². The van der Waals surface area contributed by atoms with Crippen LogP contribution in [0, 0.1) is 22.7 Å². The predicted octanol–water partition coefficient (Wildman–Crippen LogP) is 4.23. The molecule has 24 nitrogen and oxygen atoms in total. The Morgan fingerprint density at radius 3 is 1.41 bits per heavy atom. The topological polar surface area (TPSA) is 296 Å². The Labute approximate surface area is 573 Å². The van der Waals surface area contributed by atoms with E-state index in [4.69, 9.17) is 64.1 Å². The molecule has 8 N–H and O–H groups in total. The van der Waals surface area contributed by atoms with Gasteiger partial charge in [0, 0.05) is 137 Å². The van der Waals surface area contributed by atoms with E-state index in [1.54, 1.807) is 34.9 Å². The summed E-state index contributed by atoms with van der Waals surface area (Å²) in [4.78, 5) is 32.0. The van der Waals surface area contributed by atoms with Gasteiger partial charge in [-0.05, 0) is 160 Å². The number of benzene rings is 4. The highest BCUT2D eigenvalue weighted by molar-refractivity contribution is 7.89. The van der Waals surface area contributed by atoms with E-state index in [9.17, 15) is 36.9 Å². The Hall–Kier alpha value is -5.92. The first kappa shape index (κ1) is 50.5. The van der Waals surface area contributed by atoms with Crippen molar-refractivity contribution in [1.29, 1.82) is 10.5 Å². The van der Waals surface area contributed by atoms with E-state index in [0.29, 0.717) is 111 Å². The Balaban J connectivity index is 0.619. The summed E-state index contributed by atoms with van der Waals surface area (Å²) in [5, 5.41) is 35.1. The van der Waals surface area contributed by atoms with Crippen LogP contribution in [-0.2, 0) is 42.4 Å². The second kappa shape index (κ2) is 32.5. The maximum absolute atomic E-state index is 13.9. The highest BCUT2D eigenvalue weighted by Gasteiger charge is 2.43. The van der Waals surface area contributed by atoms with Crippen molar-refractivity contribution in [3.05, 3.63) is 116 Å². The fraction of sp³-hybridized carbons (Fsp3) is 0.562. The molecule has 4 heterocycles. The maximum Gasteiger partial charge on any atom is 0.314 e. The van der Waals surface area contributed by atoms with Gasteiger partial charge in [0.1, 0.15) is 23.7 Å². The molecule has 498 valence electrons. The van der Waals surface area contributed by atoms with Gasteiger partial charge >= 0.3 is 12.1 Å². The smallest absolute Gasteiger partial charge is 0.314 e. The number of fused-ring (bicyclic) bond motifs is 2. The van der Waals surface area contributed by atoms with Crippen LogP contribution in [0.5, 0.6) is 11.5 Å². The Bertz CT molecular complexity index is 4060. The molecule has 0 aromatic heterocycles. The number of carbonyl (C=O) groups is 2. The zero-order valence-electron chi connectivity index (χ0n) is 66.8. The molecule has 92 heavy (non-hydrogen) atoms. The lowest BCUT2D eigenvalue weighted by molar-refractivity contribution is 0.0594. The molecule has 28 heteroatoms. The molecule has 4 aromatic rings. The third-order valence-corrected chi connectivity index (χ3v) is 19.9. The number of rotatable bonds is 29. The van der Waals surface area contributed by atoms with Gasteiger partial charge in [0.05, 0.1) is 82.5 Å². The third kappa shape index (κ3) is 18.5. The minimum atomic E-state index is -4.66. The van der Waals surface area contributed by atoms with Crippen LogP contribution < -0.4 is 50.8 Å². The molecule has 0 unspecified atom stereocenters. The number of likely N-dealkylation sites (tertiary alicyclic amines) is 2. The van der Waals surface area contributed by atoms with Crippen molar-refractivity contribution in [3.8, 4) is 23.6 Å². The van der Waals surface area contributed by atoms with Gasteiger partial charge in [-0.15, -0.1) is 0 Å². The van der Waals surface area contributed by atoms with E-state index in [1.165, 1.54) is 0 Å². The molecule has 10 rings (SSSR count). The first-order valence-corrected chi connectivity index (χ1v) is 34.2. The van der Waals surface area contributed by atoms with E-state index >= 15 is 0 Å². The summed E-state index contributed by atoms with van der Waals surface area (Å²) < 4.78 is 222. The van der Waals surface area contributed by atoms with Crippen molar-refractivity contribution < 1.29 is 67.3 Å². The molecular formula is C64H86Cl2N14O10S2. The van der Waals surface area contributed by atoms with Crippen molar-refractivity contribution in [2.45, 2.75) is 111 Å². The molecule has 4 aliphatic heterocycles. The van der Waals surface area contributed by atoms with Crippen molar-refractivity contribution in [2.24, 2.45) is 0 Å². The van der Waals surface area contributed by atoms with Gasteiger partial charge < -0.3 is 50.8 Å². The van der Waals surface area contributed by atoms with Crippen molar-refractivity contribution in [3.63, 3.8) is 0 Å². The number of piperazine rings is 2. The fourth-order valence-corrected chi connectivity index (χ4v) is 15.1. The average Bonchev–Trinajstić information content (AvgIpc) is 0.883. The largest absolute Gasteiger partial charge is 0.484 e. The molecule has 8 atom stereocenters. The lowest BCUT2D eigenvalue weighted by Gasteiger charge is -2.38. The Morgan fingerprint density at radius 2 is 1.02 bits per heavy atom. The van der Waals surface area contributed by atoms with E-state index in [1.807, 2.05) is 23.6 Å². The highest BCUT2D eigenvalue weighted by atomic mass is 35.5. The number of amides is 4.